The number of ether oxygens (including phenoxy) is 1. The largest absolute Gasteiger partial charge is 0.492 e. The minimum Gasteiger partial charge on any atom is -0.492 e. The van der Waals surface area contributed by atoms with E-state index in [1.807, 2.05) is 0 Å². The molecule has 6 heteroatoms. The number of aliphatic carboxylic acids is 1. The zero-order chi connectivity index (χ0) is 18.9. The fourth-order valence-corrected chi connectivity index (χ4v) is 2.63. The molecule has 0 atom stereocenters. The fraction of sp³-hybridized carbons (Fsp3) is 0.200. The summed E-state index contributed by atoms with van der Waals surface area (Å²) < 4.78 is 11.1. The Balaban J connectivity index is 1.96. The molecule has 1 aromatic heterocycles. The van der Waals surface area contributed by atoms with Crippen molar-refractivity contribution in [2.45, 2.75) is 13.8 Å². The van der Waals surface area contributed by atoms with Gasteiger partial charge in [-0.25, -0.2) is 0 Å². The highest BCUT2D eigenvalue weighted by atomic mass is 35.5. The van der Waals surface area contributed by atoms with Gasteiger partial charge < -0.3 is 14.3 Å². The van der Waals surface area contributed by atoms with Gasteiger partial charge in [0.05, 0.1) is 16.4 Å². The van der Waals surface area contributed by atoms with Gasteiger partial charge in [0, 0.05) is 16.7 Å². The molecule has 0 spiro atoms. The summed E-state index contributed by atoms with van der Waals surface area (Å²) in [7, 11) is 0. The second kappa shape index (κ2) is 6.84. The second-order valence-electron chi connectivity index (χ2n) is 6.59. The van der Waals surface area contributed by atoms with Crippen LogP contribution in [0.15, 0.2) is 57.9 Å². The Bertz CT molecular complexity index is 1040. The van der Waals surface area contributed by atoms with Crippen LogP contribution >= 0.6 is 11.6 Å². The van der Waals surface area contributed by atoms with E-state index in [1.54, 1.807) is 56.3 Å². The van der Waals surface area contributed by atoms with Crippen LogP contribution in [0.1, 0.15) is 13.8 Å². The minimum atomic E-state index is -1.02. The van der Waals surface area contributed by atoms with E-state index in [4.69, 9.17) is 25.9 Å². The molecule has 2 aromatic carbocycles. The van der Waals surface area contributed by atoms with Gasteiger partial charge >= 0.3 is 5.97 Å². The lowest BCUT2D eigenvalue weighted by Crippen LogP contribution is -2.30. The Morgan fingerprint density at radius 1 is 1.19 bits per heavy atom. The van der Waals surface area contributed by atoms with Crippen LogP contribution in [0.5, 0.6) is 5.75 Å². The number of carbonyl (C=O) groups is 1. The third-order valence-corrected chi connectivity index (χ3v) is 4.42. The number of hydrogen-bond acceptors (Lipinski definition) is 4. The Morgan fingerprint density at radius 3 is 2.62 bits per heavy atom. The molecular weight excluding hydrogens is 356 g/mol. The quantitative estimate of drug-likeness (QED) is 0.708. The van der Waals surface area contributed by atoms with E-state index in [1.165, 1.54) is 6.26 Å². The summed E-state index contributed by atoms with van der Waals surface area (Å²) in [6.07, 6.45) is 1.37. The third-order valence-electron chi connectivity index (χ3n) is 4.09. The Hall–Kier alpha value is -2.79. The first-order valence-electron chi connectivity index (χ1n) is 7.96. The molecular formula is C20H17ClO5. The first kappa shape index (κ1) is 18.0. The number of rotatable bonds is 5. The summed E-state index contributed by atoms with van der Waals surface area (Å²) in [4.78, 5) is 23.9. The van der Waals surface area contributed by atoms with Crippen LogP contribution in [0.4, 0.5) is 0 Å². The highest BCUT2D eigenvalue weighted by molar-refractivity contribution is 6.33. The van der Waals surface area contributed by atoms with Gasteiger partial charge in [-0.1, -0.05) is 29.8 Å². The molecule has 0 unspecified atom stereocenters. The van der Waals surface area contributed by atoms with Gasteiger partial charge in [0.1, 0.15) is 24.2 Å². The summed E-state index contributed by atoms with van der Waals surface area (Å²) in [5, 5.41) is 10.0. The molecule has 0 saturated heterocycles. The monoisotopic (exact) mass is 372 g/mol. The number of carboxylic acids is 1. The normalized spacial score (nSPS) is 11.5. The van der Waals surface area contributed by atoms with Crippen molar-refractivity contribution in [2.24, 2.45) is 5.41 Å². The van der Waals surface area contributed by atoms with Crippen molar-refractivity contribution in [3.05, 3.63) is 64.0 Å². The number of carboxylic acid groups (broad SMARTS) is 1. The molecule has 0 amide bonds. The summed E-state index contributed by atoms with van der Waals surface area (Å²) in [6.45, 7) is 3.15. The lowest BCUT2D eigenvalue weighted by Gasteiger charge is -2.19. The van der Waals surface area contributed by atoms with Crippen LogP contribution in [-0.4, -0.2) is 17.7 Å². The van der Waals surface area contributed by atoms with Crippen molar-refractivity contribution in [1.82, 2.24) is 0 Å². The van der Waals surface area contributed by atoms with Crippen LogP contribution in [0.25, 0.3) is 22.1 Å². The summed E-state index contributed by atoms with van der Waals surface area (Å²) in [6, 6.07) is 11.8. The van der Waals surface area contributed by atoms with Gasteiger partial charge in [0.25, 0.3) is 0 Å². The van der Waals surface area contributed by atoms with Crippen molar-refractivity contribution in [3.8, 4) is 16.9 Å². The van der Waals surface area contributed by atoms with Crippen molar-refractivity contribution in [2.75, 3.05) is 6.61 Å². The third kappa shape index (κ3) is 3.44. The molecule has 0 aliphatic heterocycles. The van der Waals surface area contributed by atoms with Gasteiger partial charge in [-0.2, -0.15) is 0 Å². The fourth-order valence-electron chi connectivity index (χ4n) is 2.39. The Kier molecular flexibility index (Phi) is 4.74. The number of hydrogen-bond donors (Lipinski definition) is 1. The molecule has 0 aliphatic rings. The average Bonchev–Trinajstić information content (AvgIpc) is 2.61. The van der Waals surface area contributed by atoms with Crippen molar-refractivity contribution >= 4 is 28.5 Å². The zero-order valence-electron chi connectivity index (χ0n) is 14.3. The van der Waals surface area contributed by atoms with E-state index in [0.29, 0.717) is 32.9 Å². The lowest BCUT2D eigenvalue weighted by molar-refractivity contribution is -0.148. The van der Waals surface area contributed by atoms with Gasteiger partial charge in [-0.15, -0.1) is 0 Å². The second-order valence-corrected chi connectivity index (χ2v) is 7.00. The van der Waals surface area contributed by atoms with Crippen molar-refractivity contribution < 1.29 is 19.1 Å². The first-order chi connectivity index (χ1) is 12.3. The van der Waals surface area contributed by atoms with Crippen LogP contribution < -0.4 is 10.2 Å². The summed E-state index contributed by atoms with van der Waals surface area (Å²) in [5.41, 5.74) is 0.120. The van der Waals surface area contributed by atoms with Crippen LogP contribution in [0.3, 0.4) is 0 Å². The van der Waals surface area contributed by atoms with Crippen LogP contribution in [0, 0.1) is 5.41 Å². The number of fused-ring (bicyclic) bond motifs is 1. The van der Waals surface area contributed by atoms with Crippen LogP contribution in [0.2, 0.25) is 5.02 Å². The predicted octanol–water partition coefficient (Wildman–Crippen LogP) is 4.60. The summed E-state index contributed by atoms with van der Waals surface area (Å²) >= 11 is 6.17. The Labute approximate surface area is 154 Å². The van der Waals surface area contributed by atoms with Crippen molar-refractivity contribution in [1.29, 1.82) is 0 Å². The lowest BCUT2D eigenvalue weighted by atomic mass is 9.95. The zero-order valence-corrected chi connectivity index (χ0v) is 15.0. The van der Waals surface area contributed by atoms with Gasteiger partial charge in [0.15, 0.2) is 0 Å². The molecule has 0 saturated carbocycles. The van der Waals surface area contributed by atoms with Crippen molar-refractivity contribution in [3.63, 3.8) is 0 Å². The smallest absolute Gasteiger partial charge is 0.312 e. The molecule has 3 aromatic rings. The maximum Gasteiger partial charge on any atom is 0.312 e. The minimum absolute atomic E-state index is 0.00419. The predicted molar refractivity (Wildman–Crippen MR) is 99.8 cm³/mol. The van der Waals surface area contributed by atoms with E-state index in [2.05, 4.69) is 0 Å². The van der Waals surface area contributed by atoms with Crippen LogP contribution in [-0.2, 0) is 4.79 Å². The topological polar surface area (TPSA) is 76.7 Å². The summed E-state index contributed by atoms with van der Waals surface area (Å²) in [5.74, 6) is -0.519. The maximum atomic E-state index is 12.8. The average molecular weight is 373 g/mol. The molecule has 26 heavy (non-hydrogen) atoms. The van der Waals surface area contributed by atoms with E-state index in [-0.39, 0.29) is 12.0 Å². The van der Waals surface area contributed by atoms with Gasteiger partial charge in [0.2, 0.25) is 5.43 Å². The first-order valence-corrected chi connectivity index (χ1v) is 8.34. The Morgan fingerprint density at radius 2 is 1.92 bits per heavy atom. The molecule has 1 N–H and O–H groups in total. The van der Waals surface area contributed by atoms with E-state index in [9.17, 15) is 9.59 Å². The van der Waals surface area contributed by atoms with E-state index in [0.717, 1.165) is 0 Å². The highest BCUT2D eigenvalue weighted by Gasteiger charge is 2.28. The molecule has 0 bridgehead atoms. The number of benzene rings is 2. The SMILES string of the molecule is CC(C)(COc1ccc2c(=O)c(-c3ccccc3Cl)coc2c1)C(=O)O. The standard InChI is InChI=1S/C20H17ClO5/c1-20(2,19(23)24)11-26-12-7-8-14-17(9-12)25-10-15(18(14)22)13-5-3-4-6-16(13)21/h3-10H,11H2,1-2H3,(H,23,24). The molecule has 134 valence electrons. The molecule has 0 radical (unpaired) electrons. The molecule has 5 nitrogen and oxygen atoms in total. The molecule has 1 heterocycles. The van der Waals surface area contributed by atoms with Gasteiger partial charge in [-0.05, 0) is 32.0 Å². The molecule has 0 aliphatic carbocycles. The van der Waals surface area contributed by atoms with E-state index >= 15 is 0 Å². The number of halogens is 1. The van der Waals surface area contributed by atoms with E-state index < -0.39 is 11.4 Å². The highest BCUT2D eigenvalue weighted by Crippen LogP contribution is 2.28. The van der Waals surface area contributed by atoms with Gasteiger partial charge in [-0.3, -0.25) is 9.59 Å². The maximum absolute atomic E-state index is 12.8. The molecule has 0 fully saturated rings. The molecule has 3 rings (SSSR count).